The number of ketones is 1. The predicted octanol–water partition coefficient (Wildman–Crippen LogP) is 4.80. The first-order valence-electron chi connectivity index (χ1n) is 12.1. The van der Waals surface area contributed by atoms with Crippen LogP contribution in [-0.4, -0.2) is 41.8 Å². The smallest absolute Gasteiger partial charge is 0.369 e. The number of primary amides is 1. The summed E-state index contributed by atoms with van der Waals surface area (Å²) in [7, 11) is 0. The maximum Gasteiger partial charge on any atom is 0.389 e. The highest BCUT2D eigenvalue weighted by Gasteiger charge is 2.40. The quantitative estimate of drug-likeness (QED) is 0.435. The maximum atomic E-state index is 13.2. The molecule has 2 aromatic carbocycles. The highest BCUT2D eigenvalue weighted by Crippen LogP contribution is 2.33. The molecular formula is C27H27F6N3O3. The molecule has 0 aliphatic carbocycles. The normalized spacial score (nSPS) is 17.5. The van der Waals surface area contributed by atoms with Gasteiger partial charge in [-0.3, -0.25) is 19.4 Å². The summed E-state index contributed by atoms with van der Waals surface area (Å²) in [6, 6.07) is 14.0. The van der Waals surface area contributed by atoms with Gasteiger partial charge in [-0.05, 0) is 31.4 Å². The van der Waals surface area contributed by atoms with Crippen LogP contribution in [-0.2, 0) is 20.8 Å². The summed E-state index contributed by atoms with van der Waals surface area (Å²) >= 11 is 0. The second-order valence-electron chi connectivity index (χ2n) is 9.48. The number of halogens is 6. The van der Waals surface area contributed by atoms with Gasteiger partial charge >= 0.3 is 12.4 Å². The van der Waals surface area contributed by atoms with Gasteiger partial charge in [-0.15, -0.1) is 0 Å². The minimum atomic E-state index is -4.75. The summed E-state index contributed by atoms with van der Waals surface area (Å²) in [5.41, 5.74) is 8.29. The maximum absolute atomic E-state index is 13.2. The molecule has 0 radical (unpaired) electrons. The summed E-state index contributed by atoms with van der Waals surface area (Å²) in [5.74, 6) is -6.83. The van der Waals surface area contributed by atoms with Crippen LogP contribution in [0.2, 0.25) is 0 Å². The molecule has 1 heterocycles. The lowest BCUT2D eigenvalue weighted by Gasteiger charge is -2.26. The van der Waals surface area contributed by atoms with E-state index in [0.29, 0.717) is 22.4 Å². The fourth-order valence-corrected chi connectivity index (χ4v) is 4.50. The molecule has 0 spiro atoms. The molecular weight excluding hydrogens is 528 g/mol. The van der Waals surface area contributed by atoms with Gasteiger partial charge in [-0.1, -0.05) is 48.0 Å². The fraction of sp³-hybridized carbons (Fsp3) is 0.407. The van der Waals surface area contributed by atoms with Crippen molar-refractivity contribution in [2.75, 3.05) is 0 Å². The fourth-order valence-electron chi connectivity index (χ4n) is 4.50. The largest absolute Gasteiger partial charge is 0.389 e. The summed E-state index contributed by atoms with van der Waals surface area (Å²) in [6.45, 7) is 1.84. The molecule has 39 heavy (non-hydrogen) atoms. The molecule has 0 fully saturated rings. The van der Waals surface area contributed by atoms with Crippen LogP contribution in [0.1, 0.15) is 47.9 Å². The van der Waals surface area contributed by atoms with Crippen LogP contribution in [0, 0.1) is 18.8 Å². The van der Waals surface area contributed by atoms with E-state index in [0.717, 1.165) is 5.56 Å². The van der Waals surface area contributed by atoms with Crippen LogP contribution >= 0.6 is 0 Å². The second kappa shape index (κ2) is 12.0. The van der Waals surface area contributed by atoms with E-state index in [1.165, 1.54) is 0 Å². The first-order chi connectivity index (χ1) is 18.1. The number of hydrogen-bond donors (Lipinski definition) is 2. The van der Waals surface area contributed by atoms with Crippen molar-refractivity contribution < 1.29 is 40.7 Å². The number of nitrogens with two attached hydrogens (primary N) is 1. The van der Waals surface area contributed by atoms with Gasteiger partial charge in [-0.2, -0.15) is 26.3 Å². The molecule has 2 aromatic rings. The lowest BCUT2D eigenvalue weighted by Crippen LogP contribution is -2.47. The predicted molar refractivity (Wildman–Crippen MR) is 131 cm³/mol. The first kappa shape index (κ1) is 29.9. The molecule has 3 rings (SSSR count). The van der Waals surface area contributed by atoms with Gasteiger partial charge in [0.1, 0.15) is 0 Å². The standard InChI is InChI=1S/C27H27F6N3O3/c1-15-7-8-17-14-21(37)24(35-22(20(17)13-15)16-5-3-2-4-6-16)36-25(39)19(10-12-27(31,32)33)18(23(34)38)9-11-26(28,29)30/h2-8,13,18-19,24H,9-12,14H2,1H3,(H2,34,38)(H,36,39)/t18-,19+,24+/m0/s1. The number of nitrogens with one attached hydrogen (secondary N) is 1. The van der Waals surface area contributed by atoms with Crippen molar-refractivity contribution in [2.24, 2.45) is 22.6 Å². The van der Waals surface area contributed by atoms with Gasteiger partial charge < -0.3 is 11.1 Å². The number of aryl methyl sites for hydroxylation is 1. The Morgan fingerprint density at radius 3 is 2.13 bits per heavy atom. The topological polar surface area (TPSA) is 102 Å². The van der Waals surface area contributed by atoms with Crippen molar-refractivity contribution in [3.63, 3.8) is 0 Å². The average Bonchev–Trinajstić information content (AvgIpc) is 2.96. The number of nitrogens with zero attached hydrogens (tertiary/aromatic N) is 1. The number of hydrogen-bond acceptors (Lipinski definition) is 4. The molecule has 3 N–H and O–H groups in total. The van der Waals surface area contributed by atoms with Gasteiger partial charge in [-0.25, -0.2) is 0 Å². The Morgan fingerprint density at radius 2 is 1.56 bits per heavy atom. The third-order valence-corrected chi connectivity index (χ3v) is 6.44. The number of carbonyl (C=O) groups excluding carboxylic acids is 3. The van der Waals surface area contributed by atoms with E-state index in [-0.39, 0.29) is 6.42 Å². The molecule has 3 atom stereocenters. The Labute approximate surface area is 220 Å². The number of carbonyl (C=O) groups is 3. The van der Waals surface area contributed by atoms with Crippen LogP contribution in [0.15, 0.2) is 53.5 Å². The van der Waals surface area contributed by atoms with Crippen molar-refractivity contribution >= 4 is 23.3 Å². The summed E-state index contributed by atoms with van der Waals surface area (Å²) in [4.78, 5) is 42.8. The molecule has 0 bridgehead atoms. The Hall–Kier alpha value is -3.70. The SMILES string of the molecule is Cc1ccc2c(c1)C(c1ccccc1)=N[C@H](NC(=O)[C@H](CCC(F)(F)F)[C@H](CCC(F)(F)F)C(N)=O)C(=O)C2. The number of benzene rings is 2. The number of amides is 2. The number of Topliss-reactive ketones (excluding diaryl/α,β-unsaturated/α-hetero) is 1. The minimum absolute atomic E-state index is 0.166. The average molecular weight is 556 g/mol. The van der Waals surface area contributed by atoms with Crippen molar-refractivity contribution in [1.82, 2.24) is 5.32 Å². The Kier molecular flexibility index (Phi) is 9.18. The van der Waals surface area contributed by atoms with Gasteiger partial charge in [0, 0.05) is 42.2 Å². The van der Waals surface area contributed by atoms with E-state index < -0.39 is 73.6 Å². The van der Waals surface area contributed by atoms with E-state index in [9.17, 15) is 40.7 Å². The zero-order chi connectivity index (χ0) is 29.0. The minimum Gasteiger partial charge on any atom is -0.369 e. The van der Waals surface area contributed by atoms with Gasteiger partial charge in [0.2, 0.25) is 11.8 Å². The van der Waals surface area contributed by atoms with Crippen molar-refractivity contribution in [3.05, 3.63) is 70.8 Å². The van der Waals surface area contributed by atoms with Gasteiger partial charge in [0.05, 0.1) is 5.71 Å². The van der Waals surface area contributed by atoms with Gasteiger partial charge in [0.15, 0.2) is 11.9 Å². The van der Waals surface area contributed by atoms with Crippen molar-refractivity contribution in [3.8, 4) is 0 Å². The van der Waals surface area contributed by atoms with Gasteiger partial charge in [0.25, 0.3) is 0 Å². The molecule has 0 aromatic heterocycles. The highest BCUT2D eigenvalue weighted by atomic mass is 19.4. The Morgan fingerprint density at radius 1 is 0.974 bits per heavy atom. The number of aliphatic imine (C=N–C) groups is 1. The summed E-state index contributed by atoms with van der Waals surface area (Å²) < 4.78 is 77.6. The summed E-state index contributed by atoms with van der Waals surface area (Å²) in [6.07, 6.45) is -16.2. The van der Waals surface area contributed by atoms with E-state index in [1.54, 1.807) is 42.5 Å². The molecule has 210 valence electrons. The molecule has 0 saturated heterocycles. The van der Waals surface area contributed by atoms with Crippen LogP contribution in [0.5, 0.6) is 0 Å². The van der Waals surface area contributed by atoms with E-state index in [2.05, 4.69) is 10.3 Å². The number of alkyl halides is 6. The van der Waals surface area contributed by atoms with Crippen molar-refractivity contribution in [2.45, 2.75) is 57.5 Å². The van der Waals surface area contributed by atoms with Crippen LogP contribution in [0.25, 0.3) is 0 Å². The Balaban J connectivity index is 1.99. The molecule has 0 saturated carbocycles. The molecule has 2 amide bonds. The lowest BCUT2D eigenvalue weighted by atomic mass is 9.83. The van der Waals surface area contributed by atoms with Crippen molar-refractivity contribution in [1.29, 1.82) is 0 Å². The molecule has 0 unspecified atom stereocenters. The highest BCUT2D eigenvalue weighted by molar-refractivity contribution is 6.16. The van der Waals surface area contributed by atoms with Crippen LogP contribution in [0.3, 0.4) is 0 Å². The first-order valence-corrected chi connectivity index (χ1v) is 12.1. The van der Waals surface area contributed by atoms with Crippen LogP contribution in [0.4, 0.5) is 26.3 Å². The number of fused-ring (bicyclic) bond motifs is 1. The third kappa shape index (κ3) is 8.39. The summed E-state index contributed by atoms with van der Waals surface area (Å²) in [5, 5.41) is 2.29. The number of rotatable bonds is 9. The molecule has 6 nitrogen and oxygen atoms in total. The lowest BCUT2D eigenvalue weighted by molar-refractivity contribution is -0.152. The zero-order valence-corrected chi connectivity index (χ0v) is 20.9. The molecule has 12 heteroatoms. The molecule has 1 aliphatic heterocycles. The van der Waals surface area contributed by atoms with E-state index in [4.69, 9.17) is 5.73 Å². The van der Waals surface area contributed by atoms with E-state index >= 15 is 0 Å². The zero-order valence-electron chi connectivity index (χ0n) is 20.9. The van der Waals surface area contributed by atoms with E-state index in [1.807, 2.05) is 13.0 Å². The molecule has 1 aliphatic rings. The Bertz CT molecular complexity index is 1240. The van der Waals surface area contributed by atoms with Crippen LogP contribution < -0.4 is 11.1 Å². The third-order valence-electron chi connectivity index (χ3n) is 6.44. The monoisotopic (exact) mass is 555 g/mol. The second-order valence-corrected chi connectivity index (χ2v) is 9.48.